The fraction of sp³-hybridized carbons (Fsp3) is 0.333. The van der Waals surface area contributed by atoms with Gasteiger partial charge in [0.25, 0.3) is 5.56 Å². The van der Waals surface area contributed by atoms with Crippen LogP contribution in [0.2, 0.25) is 5.02 Å². The lowest BCUT2D eigenvalue weighted by atomic mass is 10.0. The maximum Gasteiger partial charge on any atom is 0.326 e. The molecule has 9 heteroatoms. The molecule has 0 aliphatic carbocycles. The largest absolute Gasteiger partial charge is 0.343 e. The van der Waals surface area contributed by atoms with Crippen molar-refractivity contribution in [3.63, 3.8) is 0 Å². The molecule has 0 radical (unpaired) electrons. The first-order chi connectivity index (χ1) is 16.0. The lowest BCUT2D eigenvalue weighted by molar-refractivity contribution is -0.132. The summed E-state index contributed by atoms with van der Waals surface area (Å²) in [7, 11) is 0. The molecule has 1 amide bonds. The standard InChI is InChI=1S/C24H24ClN5O3/c25-15-8-9-20-19(14-15)27-24(33)30(20)16-10-12-29(13-11-16)22(31)7-3-6-21-26-18-5-2-1-4-17(18)23(32)28-21/h1-2,4-5,8-9,14,16H,3,6-7,10-13H2,(H,27,33)(H,26,28,32). The molecule has 2 aromatic carbocycles. The van der Waals surface area contributed by atoms with Crippen LogP contribution in [0.1, 0.15) is 37.5 Å². The van der Waals surface area contributed by atoms with Crippen LogP contribution in [0, 0.1) is 0 Å². The van der Waals surface area contributed by atoms with E-state index < -0.39 is 0 Å². The van der Waals surface area contributed by atoms with Crippen molar-refractivity contribution in [2.45, 2.75) is 38.1 Å². The summed E-state index contributed by atoms with van der Waals surface area (Å²) in [6, 6.07) is 12.7. The van der Waals surface area contributed by atoms with Gasteiger partial charge in [-0.2, -0.15) is 0 Å². The van der Waals surface area contributed by atoms with E-state index in [0.717, 1.165) is 23.9 Å². The number of carbonyl (C=O) groups excluding carboxylic acids is 1. The van der Waals surface area contributed by atoms with E-state index >= 15 is 0 Å². The second-order valence-corrected chi connectivity index (χ2v) is 8.89. The van der Waals surface area contributed by atoms with Crippen LogP contribution in [0.3, 0.4) is 0 Å². The molecule has 1 saturated heterocycles. The Bertz CT molecular complexity index is 1450. The van der Waals surface area contributed by atoms with E-state index in [4.69, 9.17) is 11.6 Å². The quantitative estimate of drug-likeness (QED) is 0.471. The summed E-state index contributed by atoms with van der Waals surface area (Å²) in [5, 5.41) is 1.15. The average Bonchev–Trinajstić information content (AvgIpc) is 3.14. The molecule has 0 saturated carbocycles. The number of likely N-dealkylation sites (tertiary alicyclic amines) is 1. The van der Waals surface area contributed by atoms with Crippen molar-refractivity contribution >= 4 is 39.4 Å². The molecule has 2 N–H and O–H groups in total. The lowest BCUT2D eigenvalue weighted by Crippen LogP contribution is -2.40. The number of hydrogen-bond acceptors (Lipinski definition) is 4. The summed E-state index contributed by atoms with van der Waals surface area (Å²) in [5.41, 5.74) is 1.93. The van der Waals surface area contributed by atoms with E-state index in [2.05, 4.69) is 15.0 Å². The number of H-pyrrole nitrogens is 2. The van der Waals surface area contributed by atoms with E-state index in [1.165, 1.54) is 0 Å². The number of hydrogen-bond donors (Lipinski definition) is 2. The molecule has 2 aromatic heterocycles. The Labute approximate surface area is 194 Å². The highest BCUT2D eigenvalue weighted by atomic mass is 35.5. The number of aromatic amines is 2. The van der Waals surface area contributed by atoms with Crippen molar-refractivity contribution in [1.29, 1.82) is 0 Å². The number of amides is 1. The van der Waals surface area contributed by atoms with Crippen LogP contribution in [0.4, 0.5) is 0 Å². The highest BCUT2D eigenvalue weighted by Crippen LogP contribution is 2.26. The summed E-state index contributed by atoms with van der Waals surface area (Å²) in [6.45, 7) is 1.22. The number of para-hydroxylation sites is 1. The Kier molecular flexibility index (Phi) is 5.76. The number of rotatable bonds is 5. The molecule has 170 valence electrons. The van der Waals surface area contributed by atoms with Gasteiger partial charge in [0.1, 0.15) is 5.82 Å². The number of piperidine rings is 1. The van der Waals surface area contributed by atoms with E-state index in [0.29, 0.717) is 54.1 Å². The molecule has 0 spiro atoms. The van der Waals surface area contributed by atoms with E-state index in [1.807, 2.05) is 29.2 Å². The average molecular weight is 466 g/mol. The van der Waals surface area contributed by atoms with Gasteiger partial charge >= 0.3 is 5.69 Å². The zero-order valence-corrected chi connectivity index (χ0v) is 18.8. The monoisotopic (exact) mass is 465 g/mol. The SMILES string of the molecule is O=C(CCCc1nc2ccccc2c(=O)[nH]1)N1CCC(n2c(=O)[nH]c3cc(Cl)ccc32)CC1. The van der Waals surface area contributed by atoms with Gasteiger partial charge in [-0.15, -0.1) is 0 Å². The topological polar surface area (TPSA) is 104 Å². The maximum atomic E-state index is 12.7. The molecule has 4 aromatic rings. The molecule has 3 heterocycles. The first-order valence-electron chi connectivity index (χ1n) is 11.1. The number of nitrogens with zero attached hydrogens (tertiary/aromatic N) is 3. The molecular formula is C24H24ClN5O3. The molecule has 33 heavy (non-hydrogen) atoms. The highest BCUT2D eigenvalue weighted by molar-refractivity contribution is 6.31. The van der Waals surface area contributed by atoms with Crippen molar-refractivity contribution in [1.82, 2.24) is 24.4 Å². The zero-order chi connectivity index (χ0) is 22.9. The zero-order valence-electron chi connectivity index (χ0n) is 18.0. The second kappa shape index (κ2) is 8.86. The fourth-order valence-corrected chi connectivity index (χ4v) is 4.83. The van der Waals surface area contributed by atoms with Gasteiger partial charge in [-0.25, -0.2) is 9.78 Å². The van der Waals surface area contributed by atoms with Gasteiger partial charge in [0.2, 0.25) is 5.91 Å². The van der Waals surface area contributed by atoms with Gasteiger partial charge in [-0.05, 0) is 49.6 Å². The molecule has 1 aliphatic rings. The summed E-state index contributed by atoms with van der Waals surface area (Å²) in [5.74, 6) is 0.693. The first kappa shape index (κ1) is 21.5. The van der Waals surface area contributed by atoms with Gasteiger partial charge in [0, 0.05) is 37.0 Å². The predicted molar refractivity (Wildman–Crippen MR) is 128 cm³/mol. The van der Waals surface area contributed by atoms with Crippen LogP contribution in [0.15, 0.2) is 52.1 Å². The Balaban J connectivity index is 1.17. The number of aromatic nitrogens is 4. The molecule has 0 bridgehead atoms. The summed E-state index contributed by atoms with van der Waals surface area (Å²) in [4.78, 5) is 49.5. The molecule has 8 nitrogen and oxygen atoms in total. The van der Waals surface area contributed by atoms with Gasteiger partial charge in [0.05, 0.1) is 21.9 Å². The number of aryl methyl sites for hydroxylation is 1. The van der Waals surface area contributed by atoms with Crippen LogP contribution in [0.25, 0.3) is 21.9 Å². The van der Waals surface area contributed by atoms with Crippen LogP contribution in [-0.2, 0) is 11.2 Å². The highest BCUT2D eigenvalue weighted by Gasteiger charge is 2.26. The molecular weight excluding hydrogens is 442 g/mol. The third-order valence-electron chi connectivity index (χ3n) is 6.33. The smallest absolute Gasteiger partial charge is 0.326 e. The van der Waals surface area contributed by atoms with Gasteiger partial charge in [0.15, 0.2) is 0 Å². The number of benzene rings is 2. The number of halogens is 1. The lowest BCUT2D eigenvalue weighted by Gasteiger charge is -2.32. The first-order valence-corrected chi connectivity index (χ1v) is 11.5. The molecule has 1 fully saturated rings. The van der Waals surface area contributed by atoms with Crippen LogP contribution < -0.4 is 11.2 Å². The fourth-order valence-electron chi connectivity index (χ4n) is 4.66. The number of nitrogens with one attached hydrogen (secondary N) is 2. The summed E-state index contributed by atoms with van der Waals surface area (Å²) >= 11 is 6.04. The molecule has 0 unspecified atom stereocenters. The Hall–Kier alpha value is -3.39. The van der Waals surface area contributed by atoms with Crippen molar-refractivity contribution in [2.75, 3.05) is 13.1 Å². The molecule has 0 atom stereocenters. The maximum absolute atomic E-state index is 12.7. The van der Waals surface area contributed by atoms with Gasteiger partial charge in [-0.3, -0.25) is 14.2 Å². The third kappa shape index (κ3) is 4.30. The van der Waals surface area contributed by atoms with Crippen molar-refractivity contribution in [2.24, 2.45) is 0 Å². The van der Waals surface area contributed by atoms with E-state index in [1.54, 1.807) is 22.8 Å². The summed E-state index contributed by atoms with van der Waals surface area (Å²) in [6.07, 6.45) is 2.99. The molecule has 1 aliphatic heterocycles. The summed E-state index contributed by atoms with van der Waals surface area (Å²) < 4.78 is 1.79. The van der Waals surface area contributed by atoms with Crippen molar-refractivity contribution in [3.05, 3.63) is 74.1 Å². The normalized spacial score (nSPS) is 14.9. The third-order valence-corrected chi connectivity index (χ3v) is 6.56. The number of fused-ring (bicyclic) bond motifs is 2. The Morgan fingerprint density at radius 2 is 1.88 bits per heavy atom. The van der Waals surface area contributed by atoms with E-state index in [-0.39, 0.29) is 23.2 Å². The van der Waals surface area contributed by atoms with Crippen molar-refractivity contribution in [3.8, 4) is 0 Å². The minimum absolute atomic E-state index is 0.0448. The Morgan fingerprint density at radius 1 is 1.09 bits per heavy atom. The van der Waals surface area contributed by atoms with Gasteiger partial charge in [-0.1, -0.05) is 23.7 Å². The minimum Gasteiger partial charge on any atom is -0.343 e. The second-order valence-electron chi connectivity index (χ2n) is 8.46. The van der Waals surface area contributed by atoms with Gasteiger partial charge < -0.3 is 14.9 Å². The number of imidazole rings is 1. The van der Waals surface area contributed by atoms with Crippen LogP contribution in [-0.4, -0.2) is 43.4 Å². The Morgan fingerprint density at radius 3 is 2.70 bits per heavy atom. The van der Waals surface area contributed by atoms with Crippen LogP contribution >= 0.6 is 11.6 Å². The molecule has 5 rings (SSSR count). The minimum atomic E-state index is -0.154. The van der Waals surface area contributed by atoms with Crippen LogP contribution in [0.5, 0.6) is 0 Å². The van der Waals surface area contributed by atoms with Crippen molar-refractivity contribution < 1.29 is 4.79 Å². The predicted octanol–water partition coefficient (Wildman–Crippen LogP) is 3.41. The number of carbonyl (C=O) groups is 1. The van der Waals surface area contributed by atoms with E-state index in [9.17, 15) is 14.4 Å².